The van der Waals surface area contributed by atoms with Crippen molar-refractivity contribution >= 4 is 7.82 Å². The van der Waals surface area contributed by atoms with Gasteiger partial charge in [0.25, 0.3) is 0 Å². The lowest BCUT2D eigenvalue weighted by Crippen LogP contribution is -2.06. The molecule has 6 heteroatoms. The zero-order valence-corrected chi connectivity index (χ0v) is 7.67. The van der Waals surface area contributed by atoms with E-state index < -0.39 is 14.1 Å². The van der Waals surface area contributed by atoms with E-state index in [-0.39, 0.29) is 0 Å². The van der Waals surface area contributed by atoms with Gasteiger partial charge < -0.3 is 14.4 Å². The van der Waals surface area contributed by atoms with Crippen LogP contribution in [0.15, 0.2) is 37.2 Å². The van der Waals surface area contributed by atoms with Crippen molar-refractivity contribution in [1.29, 1.82) is 0 Å². The lowest BCUT2D eigenvalue weighted by atomic mass is 10.5. The van der Waals surface area contributed by atoms with Crippen molar-refractivity contribution in [2.24, 2.45) is 0 Å². The Morgan fingerprint density at radius 1 is 1.46 bits per heavy atom. The van der Waals surface area contributed by atoms with Crippen LogP contribution in [0.4, 0.5) is 0 Å². The Morgan fingerprint density at radius 2 is 2.00 bits per heavy atom. The van der Waals surface area contributed by atoms with E-state index in [1.165, 1.54) is 10.6 Å². The SMILES string of the molecule is C=CC(OP(=O)(O)O)n1cccc1. The second-order valence-corrected chi connectivity index (χ2v) is 3.54. The summed E-state index contributed by atoms with van der Waals surface area (Å²) in [6.07, 6.45) is 3.72. The Balaban J connectivity index is 2.76. The maximum atomic E-state index is 10.5. The first-order valence-electron chi connectivity index (χ1n) is 3.52. The van der Waals surface area contributed by atoms with Crippen molar-refractivity contribution in [3.8, 4) is 0 Å². The Hall–Kier alpha value is -0.870. The summed E-state index contributed by atoms with van der Waals surface area (Å²) in [6, 6.07) is 3.44. The molecule has 0 aliphatic heterocycles. The topological polar surface area (TPSA) is 71.7 Å². The van der Waals surface area contributed by atoms with E-state index in [1.54, 1.807) is 24.5 Å². The van der Waals surface area contributed by atoms with Crippen LogP contribution in [0, 0.1) is 0 Å². The van der Waals surface area contributed by atoms with E-state index >= 15 is 0 Å². The molecule has 0 spiro atoms. The third kappa shape index (κ3) is 3.16. The summed E-state index contributed by atoms with van der Waals surface area (Å²) >= 11 is 0. The molecule has 0 aliphatic carbocycles. The van der Waals surface area contributed by atoms with Crippen LogP contribution in [0.3, 0.4) is 0 Å². The van der Waals surface area contributed by atoms with Gasteiger partial charge in [0, 0.05) is 12.4 Å². The highest BCUT2D eigenvalue weighted by atomic mass is 31.2. The van der Waals surface area contributed by atoms with Crippen molar-refractivity contribution in [1.82, 2.24) is 4.57 Å². The molecule has 0 aromatic carbocycles. The molecule has 1 rings (SSSR count). The van der Waals surface area contributed by atoms with Crippen LogP contribution in [-0.4, -0.2) is 14.4 Å². The highest BCUT2D eigenvalue weighted by Crippen LogP contribution is 2.40. The van der Waals surface area contributed by atoms with Crippen molar-refractivity contribution in [2.75, 3.05) is 0 Å². The molecule has 0 radical (unpaired) electrons. The molecule has 1 aromatic heterocycles. The van der Waals surface area contributed by atoms with E-state index in [1.807, 2.05) is 0 Å². The number of aromatic nitrogens is 1. The van der Waals surface area contributed by atoms with Crippen molar-refractivity contribution in [3.63, 3.8) is 0 Å². The summed E-state index contributed by atoms with van der Waals surface area (Å²) in [6.45, 7) is 3.41. The van der Waals surface area contributed by atoms with Gasteiger partial charge in [0.15, 0.2) is 6.23 Å². The lowest BCUT2D eigenvalue weighted by Gasteiger charge is -2.15. The smallest absolute Gasteiger partial charge is 0.325 e. The quantitative estimate of drug-likeness (QED) is 0.571. The molecule has 72 valence electrons. The number of nitrogens with zero attached hydrogens (tertiary/aromatic N) is 1. The summed E-state index contributed by atoms with van der Waals surface area (Å²) in [5, 5.41) is 0. The van der Waals surface area contributed by atoms with Crippen LogP contribution in [0.2, 0.25) is 0 Å². The van der Waals surface area contributed by atoms with Gasteiger partial charge in [-0.1, -0.05) is 6.58 Å². The molecule has 0 bridgehead atoms. The molecule has 1 heterocycles. The molecule has 1 atom stereocenters. The summed E-state index contributed by atoms with van der Waals surface area (Å²) in [5.41, 5.74) is 0. The van der Waals surface area contributed by atoms with Gasteiger partial charge in [-0.3, -0.25) is 4.52 Å². The van der Waals surface area contributed by atoms with Crippen molar-refractivity contribution in [2.45, 2.75) is 6.23 Å². The predicted octanol–water partition coefficient (Wildman–Crippen LogP) is 1.28. The standard InChI is InChI=1S/C7H10NO4P/c1-2-7(12-13(9,10)11)8-5-3-4-6-8/h2-7H,1H2,(H2,9,10,11). The summed E-state index contributed by atoms with van der Waals surface area (Å²) in [4.78, 5) is 17.1. The molecule has 0 aliphatic rings. The molecule has 1 aromatic rings. The van der Waals surface area contributed by atoms with Crippen LogP contribution in [0.5, 0.6) is 0 Å². The van der Waals surface area contributed by atoms with Gasteiger partial charge in [-0.15, -0.1) is 0 Å². The predicted molar refractivity (Wildman–Crippen MR) is 46.8 cm³/mol. The van der Waals surface area contributed by atoms with E-state index in [2.05, 4.69) is 11.1 Å². The Labute approximate surface area is 75.5 Å². The zero-order valence-electron chi connectivity index (χ0n) is 6.78. The van der Waals surface area contributed by atoms with Gasteiger partial charge in [-0.05, 0) is 18.2 Å². The molecule has 0 saturated carbocycles. The molecular formula is C7H10NO4P. The minimum absolute atomic E-state index is 0.837. The van der Waals surface area contributed by atoms with Crippen LogP contribution in [0.1, 0.15) is 6.23 Å². The fraction of sp³-hybridized carbons (Fsp3) is 0.143. The Bertz CT molecular complexity index is 315. The van der Waals surface area contributed by atoms with Crippen LogP contribution >= 0.6 is 7.82 Å². The fourth-order valence-electron chi connectivity index (χ4n) is 0.877. The van der Waals surface area contributed by atoms with Gasteiger partial charge in [0.1, 0.15) is 0 Å². The largest absolute Gasteiger partial charge is 0.471 e. The van der Waals surface area contributed by atoms with Crippen LogP contribution in [0.25, 0.3) is 0 Å². The molecule has 1 unspecified atom stereocenters. The van der Waals surface area contributed by atoms with Gasteiger partial charge in [0.05, 0.1) is 0 Å². The number of phosphoric acid groups is 1. The third-order valence-electron chi connectivity index (χ3n) is 1.37. The van der Waals surface area contributed by atoms with Crippen molar-refractivity contribution in [3.05, 3.63) is 37.2 Å². The number of rotatable bonds is 4. The molecule has 2 N–H and O–H groups in total. The maximum absolute atomic E-state index is 10.5. The normalized spacial score (nSPS) is 14.0. The highest BCUT2D eigenvalue weighted by molar-refractivity contribution is 7.46. The van der Waals surface area contributed by atoms with E-state index in [0.29, 0.717) is 0 Å². The van der Waals surface area contributed by atoms with Crippen molar-refractivity contribution < 1.29 is 18.9 Å². The Morgan fingerprint density at radius 3 is 2.38 bits per heavy atom. The monoisotopic (exact) mass is 203 g/mol. The average molecular weight is 203 g/mol. The molecule has 0 saturated heterocycles. The second-order valence-electron chi connectivity index (χ2n) is 2.35. The van der Waals surface area contributed by atoms with Gasteiger partial charge in [-0.25, -0.2) is 4.57 Å². The minimum Gasteiger partial charge on any atom is -0.325 e. The summed E-state index contributed by atoms with van der Waals surface area (Å²) in [5.74, 6) is 0. The molecule has 5 nitrogen and oxygen atoms in total. The maximum Gasteiger partial charge on any atom is 0.471 e. The summed E-state index contributed by atoms with van der Waals surface area (Å²) in [7, 11) is -4.47. The minimum atomic E-state index is -4.47. The molecular weight excluding hydrogens is 193 g/mol. The molecule has 13 heavy (non-hydrogen) atoms. The number of hydrogen-bond donors (Lipinski definition) is 2. The van der Waals surface area contributed by atoms with E-state index in [4.69, 9.17) is 9.79 Å². The fourth-order valence-corrected chi connectivity index (χ4v) is 1.35. The average Bonchev–Trinajstić information content (AvgIpc) is 2.50. The van der Waals surface area contributed by atoms with Crippen LogP contribution < -0.4 is 0 Å². The first-order chi connectivity index (χ1) is 6.03. The first-order valence-corrected chi connectivity index (χ1v) is 5.05. The summed E-state index contributed by atoms with van der Waals surface area (Å²) < 4.78 is 16.4. The number of hydrogen-bond acceptors (Lipinski definition) is 2. The second kappa shape index (κ2) is 3.89. The zero-order chi connectivity index (χ0) is 9.90. The third-order valence-corrected chi connectivity index (χ3v) is 1.86. The van der Waals surface area contributed by atoms with Gasteiger partial charge in [0.2, 0.25) is 0 Å². The first kappa shape index (κ1) is 10.2. The highest BCUT2D eigenvalue weighted by Gasteiger charge is 2.20. The molecule has 0 fully saturated rings. The van der Waals surface area contributed by atoms with Crippen LogP contribution in [-0.2, 0) is 9.09 Å². The Kier molecular flexibility index (Phi) is 3.06. The van der Waals surface area contributed by atoms with E-state index in [9.17, 15) is 4.57 Å². The van der Waals surface area contributed by atoms with Gasteiger partial charge >= 0.3 is 7.82 Å². The molecule has 0 amide bonds. The van der Waals surface area contributed by atoms with E-state index in [0.717, 1.165) is 0 Å². The number of phosphoric ester groups is 1. The van der Waals surface area contributed by atoms with Gasteiger partial charge in [-0.2, -0.15) is 0 Å². The lowest BCUT2D eigenvalue weighted by molar-refractivity contribution is 0.119.